The molecule has 0 fully saturated rings. The highest BCUT2D eigenvalue weighted by Crippen LogP contribution is 2.42. The Morgan fingerprint density at radius 2 is 1.79 bits per heavy atom. The molecule has 1 aliphatic heterocycles. The molecule has 4 nitrogen and oxygen atoms in total. The molecule has 5 heteroatoms. The average molecular weight is 389 g/mol. The summed E-state index contributed by atoms with van der Waals surface area (Å²) in [5.74, 6) is -0.696. The molecule has 0 bridgehead atoms. The predicted octanol–water partition coefficient (Wildman–Crippen LogP) is 4.27. The van der Waals surface area contributed by atoms with Crippen molar-refractivity contribution in [1.82, 2.24) is 0 Å². The van der Waals surface area contributed by atoms with Gasteiger partial charge in [0, 0.05) is 12.1 Å². The van der Waals surface area contributed by atoms with Crippen LogP contribution in [-0.4, -0.2) is 23.3 Å². The molecule has 3 aromatic rings. The summed E-state index contributed by atoms with van der Waals surface area (Å²) in [5, 5.41) is 13.0. The van der Waals surface area contributed by atoms with E-state index < -0.39 is 11.5 Å². The molecule has 0 aliphatic carbocycles. The molecule has 1 aliphatic rings. The van der Waals surface area contributed by atoms with Crippen LogP contribution >= 0.6 is 11.3 Å². The molecule has 2 heterocycles. The van der Waals surface area contributed by atoms with E-state index in [0.717, 1.165) is 5.56 Å². The van der Waals surface area contributed by atoms with Crippen molar-refractivity contribution in [2.75, 3.05) is 11.4 Å². The molecule has 1 atom stereocenters. The Morgan fingerprint density at radius 1 is 1.04 bits per heavy atom. The zero-order chi connectivity index (χ0) is 19.6. The van der Waals surface area contributed by atoms with Gasteiger partial charge in [-0.3, -0.25) is 9.59 Å². The summed E-state index contributed by atoms with van der Waals surface area (Å²) in [7, 11) is 0. The number of rotatable bonds is 6. The second-order valence-corrected chi connectivity index (χ2v) is 7.63. The van der Waals surface area contributed by atoms with Gasteiger partial charge in [-0.1, -0.05) is 66.7 Å². The molecule has 140 valence electrons. The number of hydrogen-bond acceptors (Lipinski definition) is 4. The summed E-state index contributed by atoms with van der Waals surface area (Å²) in [6, 6.07) is 20.4. The molecule has 0 saturated carbocycles. The fourth-order valence-corrected chi connectivity index (χ4v) is 4.14. The van der Waals surface area contributed by atoms with Gasteiger partial charge in [0.05, 0.1) is 17.0 Å². The van der Waals surface area contributed by atoms with Crippen LogP contribution in [0, 0.1) is 0 Å². The first kappa shape index (κ1) is 18.3. The summed E-state index contributed by atoms with van der Waals surface area (Å²) in [5.41, 5.74) is 0.327. The molecule has 1 aromatic heterocycles. The predicted molar refractivity (Wildman–Crippen MR) is 111 cm³/mol. The van der Waals surface area contributed by atoms with Crippen molar-refractivity contribution in [2.45, 2.75) is 12.0 Å². The zero-order valence-electron chi connectivity index (χ0n) is 15.1. The van der Waals surface area contributed by atoms with Crippen molar-refractivity contribution in [3.8, 4) is 0 Å². The molecule has 0 unspecified atom stereocenters. The largest absolute Gasteiger partial charge is 0.375 e. The van der Waals surface area contributed by atoms with E-state index >= 15 is 0 Å². The fourth-order valence-electron chi connectivity index (χ4n) is 3.47. The molecule has 4 rings (SSSR count). The highest BCUT2D eigenvalue weighted by Gasteiger charge is 2.50. The number of nitrogens with zero attached hydrogens (tertiary/aromatic N) is 1. The van der Waals surface area contributed by atoms with Crippen LogP contribution in [0.4, 0.5) is 5.69 Å². The smallest absolute Gasteiger partial charge is 0.264 e. The normalized spacial score (nSPS) is 18.6. The van der Waals surface area contributed by atoms with Crippen molar-refractivity contribution >= 4 is 34.8 Å². The maximum atomic E-state index is 13.1. The van der Waals surface area contributed by atoms with E-state index in [1.54, 1.807) is 30.3 Å². The third-order valence-corrected chi connectivity index (χ3v) is 5.76. The molecule has 0 spiro atoms. The number of amides is 1. The standard InChI is InChI=1S/C23H19NO3S/c25-20(21-13-7-15-28-21)16-23(27)18-11-4-5-12-19(18)24(22(23)26)14-6-10-17-8-2-1-3-9-17/h1-13,15,27H,14,16H2/b10-6+/t23-/m0/s1. The average Bonchev–Trinajstić information content (AvgIpc) is 3.32. The van der Waals surface area contributed by atoms with Gasteiger partial charge in [0.15, 0.2) is 11.4 Å². The number of carbonyl (C=O) groups excluding carboxylic acids is 2. The van der Waals surface area contributed by atoms with E-state index in [9.17, 15) is 14.7 Å². The first-order valence-electron chi connectivity index (χ1n) is 9.02. The van der Waals surface area contributed by atoms with Gasteiger partial charge in [-0.15, -0.1) is 11.3 Å². The van der Waals surface area contributed by atoms with Crippen LogP contribution in [0.25, 0.3) is 6.08 Å². The highest BCUT2D eigenvalue weighted by molar-refractivity contribution is 7.12. The van der Waals surface area contributed by atoms with Crippen LogP contribution in [0.15, 0.2) is 78.2 Å². The van der Waals surface area contributed by atoms with Crippen molar-refractivity contribution in [2.24, 2.45) is 0 Å². The number of para-hydroxylation sites is 1. The lowest BCUT2D eigenvalue weighted by Gasteiger charge is -2.21. The van der Waals surface area contributed by atoms with Gasteiger partial charge < -0.3 is 10.0 Å². The van der Waals surface area contributed by atoms with Crippen LogP contribution in [0.2, 0.25) is 0 Å². The summed E-state index contributed by atoms with van der Waals surface area (Å²) < 4.78 is 0. The Hall–Kier alpha value is -3.02. The second kappa shape index (κ2) is 7.54. The van der Waals surface area contributed by atoms with Crippen LogP contribution in [0.1, 0.15) is 27.2 Å². The first-order chi connectivity index (χ1) is 13.6. The molecular weight excluding hydrogens is 370 g/mol. The molecule has 28 heavy (non-hydrogen) atoms. The van der Waals surface area contributed by atoms with Crippen molar-refractivity contribution < 1.29 is 14.7 Å². The van der Waals surface area contributed by atoms with Crippen molar-refractivity contribution in [3.63, 3.8) is 0 Å². The number of fused-ring (bicyclic) bond motifs is 1. The lowest BCUT2D eigenvalue weighted by Crippen LogP contribution is -2.41. The van der Waals surface area contributed by atoms with Crippen molar-refractivity contribution in [1.29, 1.82) is 0 Å². The number of ketones is 1. The van der Waals surface area contributed by atoms with Crippen LogP contribution in [-0.2, 0) is 10.4 Å². The van der Waals surface area contributed by atoms with E-state index in [1.165, 1.54) is 16.2 Å². The number of hydrogen-bond donors (Lipinski definition) is 1. The van der Waals surface area contributed by atoms with Gasteiger partial charge in [0.2, 0.25) is 0 Å². The van der Waals surface area contributed by atoms with Gasteiger partial charge in [-0.25, -0.2) is 0 Å². The summed E-state index contributed by atoms with van der Waals surface area (Å²) in [6.45, 7) is 0.320. The van der Waals surface area contributed by atoms with Gasteiger partial charge in [-0.2, -0.15) is 0 Å². The number of carbonyl (C=O) groups is 2. The topological polar surface area (TPSA) is 57.6 Å². The highest BCUT2D eigenvalue weighted by atomic mass is 32.1. The number of aliphatic hydroxyl groups is 1. The lowest BCUT2D eigenvalue weighted by molar-refractivity contribution is -0.135. The van der Waals surface area contributed by atoms with E-state index in [2.05, 4.69) is 0 Å². The van der Waals surface area contributed by atoms with Crippen LogP contribution in [0.5, 0.6) is 0 Å². The molecule has 0 radical (unpaired) electrons. The SMILES string of the molecule is O=C(C[C@@]1(O)C(=O)N(C/C=C/c2ccccc2)c2ccccc21)c1cccs1. The van der Waals surface area contributed by atoms with Crippen LogP contribution < -0.4 is 4.90 Å². The fraction of sp³-hybridized carbons (Fsp3) is 0.130. The van der Waals surface area contributed by atoms with E-state index in [-0.39, 0.29) is 12.2 Å². The van der Waals surface area contributed by atoms with Gasteiger partial charge in [0.1, 0.15) is 0 Å². The molecule has 0 saturated heterocycles. The molecule has 1 amide bonds. The second-order valence-electron chi connectivity index (χ2n) is 6.68. The van der Waals surface area contributed by atoms with Crippen molar-refractivity contribution in [3.05, 3.63) is 94.2 Å². The van der Waals surface area contributed by atoms with Gasteiger partial charge in [0.25, 0.3) is 5.91 Å². The Bertz CT molecular complexity index is 1030. The first-order valence-corrected chi connectivity index (χ1v) is 9.90. The third kappa shape index (κ3) is 3.30. The Balaban J connectivity index is 1.60. The molecule has 2 aromatic carbocycles. The minimum absolute atomic E-state index is 0.234. The quantitative estimate of drug-likeness (QED) is 0.641. The monoisotopic (exact) mass is 389 g/mol. The maximum absolute atomic E-state index is 13.1. The molecular formula is C23H19NO3S. The number of anilines is 1. The molecule has 1 N–H and O–H groups in total. The minimum atomic E-state index is -1.84. The number of thiophene rings is 1. The third-order valence-electron chi connectivity index (χ3n) is 4.85. The Labute approximate surface area is 167 Å². The number of benzene rings is 2. The summed E-state index contributed by atoms with van der Waals surface area (Å²) in [6.07, 6.45) is 3.56. The van der Waals surface area contributed by atoms with E-state index in [4.69, 9.17) is 0 Å². The van der Waals surface area contributed by atoms with Gasteiger partial charge in [-0.05, 0) is 23.1 Å². The zero-order valence-corrected chi connectivity index (χ0v) is 15.9. The number of Topliss-reactive ketones (excluding diaryl/α,β-unsaturated/α-hetero) is 1. The summed E-state index contributed by atoms with van der Waals surface area (Å²) >= 11 is 1.31. The Kier molecular flexibility index (Phi) is 4.94. The van der Waals surface area contributed by atoms with E-state index in [0.29, 0.717) is 22.7 Å². The van der Waals surface area contributed by atoms with Crippen LogP contribution in [0.3, 0.4) is 0 Å². The Morgan fingerprint density at radius 3 is 2.54 bits per heavy atom. The summed E-state index contributed by atoms with van der Waals surface area (Å²) in [4.78, 5) is 27.8. The van der Waals surface area contributed by atoms with Gasteiger partial charge >= 0.3 is 0 Å². The lowest BCUT2D eigenvalue weighted by atomic mass is 9.89. The van der Waals surface area contributed by atoms with E-state index in [1.807, 2.05) is 53.9 Å². The minimum Gasteiger partial charge on any atom is -0.375 e. The maximum Gasteiger partial charge on any atom is 0.264 e.